The molecule has 0 amide bonds. The Hall–Kier alpha value is -2.70. The van der Waals surface area contributed by atoms with Gasteiger partial charge in [0.15, 0.2) is 5.78 Å². The molecule has 2 aromatic rings. The summed E-state index contributed by atoms with van der Waals surface area (Å²) in [6.45, 7) is 0. The average molecular weight is 262 g/mol. The van der Waals surface area contributed by atoms with Crippen LogP contribution in [0, 0.1) is 10.1 Å². The van der Waals surface area contributed by atoms with Crippen molar-refractivity contribution in [2.45, 2.75) is 12.3 Å². The molecule has 0 spiro atoms. The van der Waals surface area contributed by atoms with Crippen molar-refractivity contribution in [2.24, 2.45) is 0 Å². The lowest BCUT2D eigenvalue weighted by Crippen LogP contribution is -2.15. The van der Waals surface area contributed by atoms with E-state index >= 15 is 0 Å². The fourth-order valence-corrected chi connectivity index (χ4v) is 1.59. The molecule has 97 valence electrons. The summed E-state index contributed by atoms with van der Waals surface area (Å²) in [5.41, 5.74) is 0.390. The second kappa shape index (κ2) is 5.30. The van der Waals surface area contributed by atoms with E-state index in [1.807, 2.05) is 0 Å². The van der Waals surface area contributed by atoms with Crippen molar-refractivity contribution < 1.29 is 23.3 Å². The summed E-state index contributed by atoms with van der Waals surface area (Å²) in [5, 5.41) is 10.4. The van der Waals surface area contributed by atoms with Crippen LogP contribution >= 0.6 is 0 Å². The van der Waals surface area contributed by atoms with Gasteiger partial charge in [-0.05, 0) is 12.1 Å². The fraction of sp³-hybridized carbons (Fsp3) is 0.167. The number of carbonyl (C=O) groups excluding carboxylic acids is 2. The topological polar surface area (TPSA) is 104 Å². The van der Waals surface area contributed by atoms with Gasteiger partial charge in [-0.2, -0.15) is 0 Å². The number of Topliss-reactive ketones (excluding diaryl/α,β-unsaturated/α-hetero) is 1. The first-order valence-electron chi connectivity index (χ1n) is 5.27. The Morgan fingerprint density at radius 2 is 2.21 bits per heavy atom. The predicted molar refractivity (Wildman–Crippen MR) is 61.2 cm³/mol. The molecule has 7 nitrogen and oxygen atoms in total. The third-order valence-electron chi connectivity index (χ3n) is 2.49. The molecule has 0 aliphatic heterocycles. The third-order valence-corrected chi connectivity index (χ3v) is 2.49. The van der Waals surface area contributed by atoms with E-state index in [0.29, 0.717) is 5.56 Å². The number of ketones is 1. The normalized spacial score (nSPS) is 12.0. The Kier molecular flexibility index (Phi) is 3.56. The zero-order valence-corrected chi connectivity index (χ0v) is 9.57. The molecule has 0 saturated heterocycles. The van der Waals surface area contributed by atoms with Crippen LogP contribution in [0.15, 0.2) is 39.6 Å². The van der Waals surface area contributed by atoms with Crippen molar-refractivity contribution in [1.29, 1.82) is 0 Å². The standard InChI is InChI=1S/C12H8NO6/c14-6-10(8-3-4-18-7-8)11(15)5-9-1-2-12(19-9)13(16)17/h1-4,7,10H,5H2. The van der Waals surface area contributed by atoms with Gasteiger partial charge in [0.1, 0.15) is 16.6 Å². The van der Waals surface area contributed by atoms with E-state index in [2.05, 4.69) is 0 Å². The molecule has 1 radical (unpaired) electrons. The molecule has 2 heterocycles. The first-order valence-corrected chi connectivity index (χ1v) is 5.27. The molecular formula is C12H8NO6. The fourth-order valence-electron chi connectivity index (χ4n) is 1.59. The highest BCUT2D eigenvalue weighted by atomic mass is 16.6. The summed E-state index contributed by atoms with van der Waals surface area (Å²) >= 11 is 0. The summed E-state index contributed by atoms with van der Waals surface area (Å²) in [7, 11) is 0. The van der Waals surface area contributed by atoms with Gasteiger partial charge in [-0.1, -0.05) is 0 Å². The Balaban J connectivity index is 2.11. The Bertz CT molecular complexity index is 598. The molecule has 1 unspecified atom stereocenters. The summed E-state index contributed by atoms with van der Waals surface area (Å²) in [6.07, 6.45) is 4.01. The Morgan fingerprint density at radius 1 is 1.42 bits per heavy atom. The highest BCUT2D eigenvalue weighted by Gasteiger charge is 2.24. The minimum Gasteiger partial charge on any atom is -0.472 e. The maximum Gasteiger partial charge on any atom is 0.433 e. The summed E-state index contributed by atoms with van der Waals surface area (Å²) in [6, 6.07) is 3.96. The molecule has 2 aromatic heterocycles. The second-order valence-corrected chi connectivity index (χ2v) is 3.75. The monoisotopic (exact) mass is 262 g/mol. The number of nitrogens with zero attached hydrogens (tertiary/aromatic N) is 1. The van der Waals surface area contributed by atoms with Crippen LogP contribution in [0.25, 0.3) is 0 Å². The van der Waals surface area contributed by atoms with Gasteiger partial charge in [-0.3, -0.25) is 19.7 Å². The van der Waals surface area contributed by atoms with Crippen LogP contribution in [-0.4, -0.2) is 17.0 Å². The largest absolute Gasteiger partial charge is 0.472 e. The minimum atomic E-state index is -1.08. The molecule has 0 bridgehead atoms. The predicted octanol–water partition coefficient (Wildman–Crippen LogP) is 1.79. The molecular weight excluding hydrogens is 254 g/mol. The van der Waals surface area contributed by atoms with E-state index in [1.54, 1.807) is 6.29 Å². The number of nitro groups is 1. The van der Waals surface area contributed by atoms with Gasteiger partial charge in [0.2, 0.25) is 6.29 Å². The lowest BCUT2D eigenvalue weighted by molar-refractivity contribution is -0.402. The maximum absolute atomic E-state index is 11.9. The maximum atomic E-state index is 11.9. The van der Waals surface area contributed by atoms with Gasteiger partial charge in [0, 0.05) is 5.56 Å². The van der Waals surface area contributed by atoms with Crippen molar-refractivity contribution in [1.82, 2.24) is 0 Å². The second-order valence-electron chi connectivity index (χ2n) is 3.75. The molecule has 0 fully saturated rings. The Labute approximate surface area is 107 Å². The quantitative estimate of drug-likeness (QED) is 0.446. The first-order chi connectivity index (χ1) is 9.11. The summed E-state index contributed by atoms with van der Waals surface area (Å²) in [5.74, 6) is -1.87. The van der Waals surface area contributed by atoms with Crippen LogP contribution in [-0.2, 0) is 16.0 Å². The molecule has 0 saturated carbocycles. The third kappa shape index (κ3) is 2.76. The van der Waals surface area contributed by atoms with Crippen LogP contribution in [0.5, 0.6) is 0 Å². The number of hydrogen-bond donors (Lipinski definition) is 0. The molecule has 1 atom stereocenters. The molecule has 0 N–H and O–H groups in total. The molecule has 7 heteroatoms. The zero-order valence-electron chi connectivity index (χ0n) is 9.57. The van der Waals surface area contributed by atoms with Crippen molar-refractivity contribution >= 4 is 18.0 Å². The summed E-state index contributed by atoms with van der Waals surface area (Å²) < 4.78 is 9.64. The lowest BCUT2D eigenvalue weighted by atomic mass is 9.96. The zero-order chi connectivity index (χ0) is 13.8. The van der Waals surface area contributed by atoms with Gasteiger partial charge < -0.3 is 8.83 Å². The number of rotatable bonds is 6. The van der Waals surface area contributed by atoms with Crippen LogP contribution < -0.4 is 0 Å². The highest BCUT2D eigenvalue weighted by molar-refractivity contribution is 5.99. The molecule has 0 aliphatic carbocycles. The van der Waals surface area contributed by atoms with Gasteiger partial charge in [0.25, 0.3) is 0 Å². The van der Waals surface area contributed by atoms with Crippen molar-refractivity contribution in [3.05, 3.63) is 52.2 Å². The van der Waals surface area contributed by atoms with E-state index in [1.165, 1.54) is 24.7 Å². The Morgan fingerprint density at radius 3 is 2.74 bits per heavy atom. The molecule has 2 rings (SSSR count). The SMILES string of the molecule is O=[C]C(C(=O)Cc1ccc([N+](=O)[O-])o1)c1ccoc1. The van der Waals surface area contributed by atoms with Gasteiger partial charge in [-0.25, -0.2) is 0 Å². The van der Waals surface area contributed by atoms with Crippen LogP contribution in [0.3, 0.4) is 0 Å². The van der Waals surface area contributed by atoms with E-state index in [-0.39, 0.29) is 12.2 Å². The average Bonchev–Trinajstić information content (AvgIpc) is 3.01. The van der Waals surface area contributed by atoms with E-state index in [0.717, 1.165) is 6.07 Å². The number of hydrogen-bond acceptors (Lipinski definition) is 6. The van der Waals surface area contributed by atoms with Crippen LogP contribution in [0.4, 0.5) is 5.88 Å². The number of carbonyl (C=O) groups is 1. The molecule has 0 aliphatic rings. The molecule has 0 aromatic carbocycles. The highest BCUT2D eigenvalue weighted by Crippen LogP contribution is 2.20. The number of furan rings is 2. The smallest absolute Gasteiger partial charge is 0.433 e. The summed E-state index contributed by atoms with van der Waals surface area (Å²) in [4.78, 5) is 32.4. The van der Waals surface area contributed by atoms with Crippen molar-refractivity contribution in [3.63, 3.8) is 0 Å². The molecule has 19 heavy (non-hydrogen) atoms. The van der Waals surface area contributed by atoms with E-state index in [9.17, 15) is 19.7 Å². The first kappa shape index (κ1) is 12.7. The lowest BCUT2D eigenvalue weighted by Gasteiger charge is -2.03. The van der Waals surface area contributed by atoms with Gasteiger partial charge in [-0.15, -0.1) is 0 Å². The van der Waals surface area contributed by atoms with E-state index < -0.39 is 22.5 Å². The van der Waals surface area contributed by atoms with Crippen molar-refractivity contribution in [2.75, 3.05) is 0 Å². The van der Waals surface area contributed by atoms with Crippen LogP contribution in [0.1, 0.15) is 17.2 Å². The van der Waals surface area contributed by atoms with Gasteiger partial charge in [0.05, 0.1) is 25.0 Å². The minimum absolute atomic E-state index is 0.125. The van der Waals surface area contributed by atoms with Crippen molar-refractivity contribution in [3.8, 4) is 0 Å². The van der Waals surface area contributed by atoms with Crippen LogP contribution in [0.2, 0.25) is 0 Å². The van der Waals surface area contributed by atoms with E-state index in [4.69, 9.17) is 8.83 Å². The van der Waals surface area contributed by atoms with Gasteiger partial charge >= 0.3 is 5.88 Å².